The molecule has 0 aromatic carbocycles. The van der Waals surface area contributed by atoms with Crippen LogP contribution in [-0.4, -0.2) is 46.2 Å². The number of guanidine groups is 1. The summed E-state index contributed by atoms with van der Waals surface area (Å²) < 4.78 is 1.81. The topological polar surface area (TPSA) is 74.5 Å². The Balaban J connectivity index is 1.47. The lowest BCUT2D eigenvalue weighted by Crippen LogP contribution is -2.41. The molecule has 0 fully saturated rings. The number of aliphatic imine (C=N–C) groups is 1. The summed E-state index contributed by atoms with van der Waals surface area (Å²) in [5, 5.41) is 12.7. The van der Waals surface area contributed by atoms with Gasteiger partial charge in [-0.25, -0.2) is 4.99 Å². The molecular formula is C18H26N6OS. The van der Waals surface area contributed by atoms with Gasteiger partial charge in [-0.15, -0.1) is 11.3 Å². The Kier molecular flexibility index (Phi) is 6.27. The fourth-order valence-electron chi connectivity index (χ4n) is 2.97. The molecule has 0 saturated carbocycles. The molecule has 0 saturated heterocycles. The largest absolute Gasteiger partial charge is 0.357 e. The highest BCUT2D eigenvalue weighted by Crippen LogP contribution is 2.24. The highest BCUT2D eigenvalue weighted by molar-refractivity contribution is 7.10. The third-order valence-corrected chi connectivity index (χ3v) is 5.48. The maximum Gasteiger partial charge on any atom is 0.224 e. The Morgan fingerprint density at radius 1 is 1.38 bits per heavy atom. The number of carbonyl (C=O) groups is 1. The minimum Gasteiger partial charge on any atom is -0.357 e. The highest BCUT2D eigenvalue weighted by Gasteiger charge is 2.20. The number of carbonyl (C=O) groups excluding carboxylic acids is 1. The zero-order chi connectivity index (χ0) is 18.4. The van der Waals surface area contributed by atoms with Crippen molar-refractivity contribution in [3.8, 4) is 0 Å². The van der Waals surface area contributed by atoms with Gasteiger partial charge in [0.25, 0.3) is 0 Å². The van der Waals surface area contributed by atoms with Crippen LogP contribution in [0.4, 0.5) is 0 Å². The molecule has 3 rings (SSSR count). The summed E-state index contributed by atoms with van der Waals surface area (Å²) in [6.45, 7) is 5.49. The van der Waals surface area contributed by atoms with Gasteiger partial charge in [0.2, 0.25) is 5.91 Å². The number of rotatable bonds is 6. The Bertz CT molecular complexity index is 765. The summed E-state index contributed by atoms with van der Waals surface area (Å²) in [5.41, 5.74) is 2.34. The van der Waals surface area contributed by atoms with E-state index in [2.05, 4.69) is 32.2 Å². The van der Waals surface area contributed by atoms with E-state index in [9.17, 15) is 4.79 Å². The molecule has 2 aromatic heterocycles. The van der Waals surface area contributed by atoms with Crippen molar-refractivity contribution in [2.24, 2.45) is 12.0 Å². The number of thiophene rings is 1. The Labute approximate surface area is 158 Å². The molecule has 1 aliphatic heterocycles. The number of aromatic nitrogens is 2. The van der Waals surface area contributed by atoms with Gasteiger partial charge in [-0.05, 0) is 36.4 Å². The molecule has 0 atom stereocenters. The smallest absolute Gasteiger partial charge is 0.224 e. The summed E-state index contributed by atoms with van der Waals surface area (Å²) in [7, 11) is 1.90. The molecule has 2 N–H and O–H groups in total. The lowest BCUT2D eigenvalue weighted by molar-refractivity contribution is -0.131. The fourth-order valence-corrected chi connectivity index (χ4v) is 3.86. The van der Waals surface area contributed by atoms with Gasteiger partial charge in [0.1, 0.15) is 0 Å². The van der Waals surface area contributed by atoms with Crippen molar-refractivity contribution in [2.45, 2.75) is 32.9 Å². The van der Waals surface area contributed by atoms with E-state index >= 15 is 0 Å². The average molecular weight is 375 g/mol. The SMILES string of the molecule is CCNC(=NCc1ccnn1C)NCCC(=O)N1CCc2sccc2C1. The van der Waals surface area contributed by atoms with Crippen LogP contribution in [-0.2, 0) is 31.4 Å². The second kappa shape index (κ2) is 8.84. The second-order valence-electron chi connectivity index (χ2n) is 6.25. The van der Waals surface area contributed by atoms with Crippen LogP contribution < -0.4 is 10.6 Å². The molecule has 1 amide bonds. The predicted octanol–water partition coefficient (Wildman–Crippen LogP) is 1.51. The van der Waals surface area contributed by atoms with Gasteiger partial charge < -0.3 is 15.5 Å². The van der Waals surface area contributed by atoms with Crippen molar-refractivity contribution >= 4 is 23.2 Å². The number of nitrogens with one attached hydrogen (secondary N) is 2. The first-order chi connectivity index (χ1) is 12.7. The molecule has 26 heavy (non-hydrogen) atoms. The third kappa shape index (κ3) is 4.63. The normalized spacial score (nSPS) is 14.2. The van der Waals surface area contributed by atoms with Crippen molar-refractivity contribution < 1.29 is 4.79 Å². The first-order valence-corrected chi connectivity index (χ1v) is 9.87. The van der Waals surface area contributed by atoms with E-state index in [1.165, 1.54) is 10.4 Å². The zero-order valence-electron chi connectivity index (χ0n) is 15.4. The summed E-state index contributed by atoms with van der Waals surface area (Å²) in [5.74, 6) is 0.914. The van der Waals surface area contributed by atoms with Gasteiger partial charge in [-0.1, -0.05) is 0 Å². The lowest BCUT2D eigenvalue weighted by Gasteiger charge is -2.27. The molecule has 0 unspecified atom stereocenters. The van der Waals surface area contributed by atoms with E-state index < -0.39 is 0 Å². The van der Waals surface area contributed by atoms with Crippen molar-refractivity contribution in [2.75, 3.05) is 19.6 Å². The maximum absolute atomic E-state index is 12.5. The molecule has 0 aliphatic carbocycles. The summed E-state index contributed by atoms with van der Waals surface area (Å²) in [6.07, 6.45) is 3.21. The van der Waals surface area contributed by atoms with Gasteiger partial charge in [-0.2, -0.15) is 5.10 Å². The maximum atomic E-state index is 12.5. The Hall–Kier alpha value is -2.35. The number of nitrogens with zero attached hydrogens (tertiary/aromatic N) is 4. The van der Waals surface area contributed by atoms with Gasteiger partial charge in [0, 0.05) is 50.7 Å². The standard InChI is InChI=1S/C18H26N6OS/c1-3-19-18(21-12-15-4-9-22-23(15)2)20-8-5-17(25)24-10-6-16-14(13-24)7-11-26-16/h4,7,9,11H,3,5-6,8,10,12-13H2,1-2H3,(H2,19,20,21). The van der Waals surface area contributed by atoms with E-state index in [4.69, 9.17) is 0 Å². The van der Waals surface area contributed by atoms with E-state index in [0.717, 1.165) is 37.7 Å². The van der Waals surface area contributed by atoms with Crippen LogP contribution in [0.15, 0.2) is 28.7 Å². The first-order valence-electron chi connectivity index (χ1n) is 8.99. The van der Waals surface area contributed by atoms with E-state index in [-0.39, 0.29) is 5.91 Å². The molecule has 8 heteroatoms. The molecule has 1 aliphatic rings. The quantitative estimate of drug-likeness (QED) is 0.594. The third-order valence-electron chi connectivity index (χ3n) is 4.46. The molecule has 0 radical (unpaired) electrons. The number of hydrogen-bond donors (Lipinski definition) is 2. The fraction of sp³-hybridized carbons (Fsp3) is 0.500. The molecular weight excluding hydrogens is 348 g/mol. The average Bonchev–Trinajstić information content (AvgIpc) is 3.27. The van der Waals surface area contributed by atoms with Crippen molar-refractivity contribution in [3.63, 3.8) is 0 Å². The Morgan fingerprint density at radius 2 is 2.27 bits per heavy atom. The number of fused-ring (bicyclic) bond motifs is 1. The van der Waals surface area contributed by atoms with Crippen LogP contribution >= 0.6 is 11.3 Å². The molecule has 140 valence electrons. The second-order valence-corrected chi connectivity index (χ2v) is 7.25. The van der Waals surface area contributed by atoms with Gasteiger partial charge in [0.15, 0.2) is 5.96 Å². The van der Waals surface area contributed by atoms with Crippen molar-refractivity contribution in [1.82, 2.24) is 25.3 Å². The highest BCUT2D eigenvalue weighted by atomic mass is 32.1. The van der Waals surface area contributed by atoms with Crippen LogP contribution in [0.3, 0.4) is 0 Å². The molecule has 7 nitrogen and oxygen atoms in total. The molecule has 0 bridgehead atoms. The predicted molar refractivity (Wildman–Crippen MR) is 104 cm³/mol. The number of amides is 1. The van der Waals surface area contributed by atoms with E-state index in [1.807, 2.05) is 29.6 Å². The van der Waals surface area contributed by atoms with E-state index in [0.29, 0.717) is 19.5 Å². The minimum atomic E-state index is 0.192. The minimum absolute atomic E-state index is 0.192. The van der Waals surface area contributed by atoms with Crippen LogP contribution in [0, 0.1) is 0 Å². The lowest BCUT2D eigenvalue weighted by atomic mass is 10.1. The molecule has 0 spiro atoms. The van der Waals surface area contributed by atoms with Crippen LogP contribution in [0.25, 0.3) is 0 Å². The summed E-state index contributed by atoms with van der Waals surface area (Å²) >= 11 is 1.79. The van der Waals surface area contributed by atoms with Gasteiger partial charge in [0.05, 0.1) is 12.2 Å². The van der Waals surface area contributed by atoms with Crippen LogP contribution in [0.1, 0.15) is 29.5 Å². The summed E-state index contributed by atoms with van der Waals surface area (Å²) in [6, 6.07) is 4.08. The monoisotopic (exact) mass is 374 g/mol. The van der Waals surface area contributed by atoms with Crippen LogP contribution in [0.5, 0.6) is 0 Å². The van der Waals surface area contributed by atoms with Gasteiger partial charge >= 0.3 is 0 Å². The number of aryl methyl sites for hydroxylation is 1. The molecule has 3 heterocycles. The van der Waals surface area contributed by atoms with Crippen LogP contribution in [0.2, 0.25) is 0 Å². The Morgan fingerprint density at radius 3 is 3.04 bits per heavy atom. The van der Waals surface area contributed by atoms with E-state index in [1.54, 1.807) is 17.5 Å². The molecule has 2 aromatic rings. The van der Waals surface area contributed by atoms with Crippen molar-refractivity contribution in [3.05, 3.63) is 39.8 Å². The zero-order valence-corrected chi connectivity index (χ0v) is 16.2. The summed E-state index contributed by atoms with van der Waals surface area (Å²) in [4.78, 5) is 20.4. The number of hydrogen-bond acceptors (Lipinski definition) is 4. The van der Waals surface area contributed by atoms with Crippen molar-refractivity contribution in [1.29, 1.82) is 0 Å². The van der Waals surface area contributed by atoms with Gasteiger partial charge in [-0.3, -0.25) is 9.48 Å². The first kappa shape index (κ1) is 18.4.